The minimum absolute atomic E-state index is 0.203. The molecule has 0 bridgehead atoms. The first-order valence-corrected chi connectivity index (χ1v) is 8.50. The third-order valence-corrected chi connectivity index (χ3v) is 4.39. The van der Waals surface area contributed by atoms with Crippen molar-refractivity contribution < 1.29 is 26.7 Å². The van der Waals surface area contributed by atoms with E-state index in [1.807, 2.05) is 6.07 Å². The number of hydrogen-bond acceptors (Lipinski definition) is 5. The van der Waals surface area contributed by atoms with E-state index in [-0.39, 0.29) is 5.56 Å². The normalized spacial score (nSPS) is 20.9. The molecule has 154 valence electrons. The lowest BCUT2D eigenvalue weighted by Crippen LogP contribution is -2.48. The van der Waals surface area contributed by atoms with Crippen LogP contribution in [0.15, 0.2) is 41.5 Å². The van der Waals surface area contributed by atoms with Crippen molar-refractivity contribution in [1.29, 1.82) is 5.26 Å². The van der Waals surface area contributed by atoms with Crippen LogP contribution in [-0.4, -0.2) is 30.0 Å². The number of alkyl halides is 4. The van der Waals surface area contributed by atoms with Crippen LogP contribution < -0.4 is 5.73 Å². The number of pyridine rings is 1. The third kappa shape index (κ3) is 4.33. The Bertz CT molecular complexity index is 1080. The molecule has 0 radical (unpaired) electrons. The van der Waals surface area contributed by atoms with Crippen molar-refractivity contribution in [3.05, 3.63) is 64.7 Å². The lowest BCUT2D eigenvalue weighted by atomic mass is 9.84. The van der Waals surface area contributed by atoms with Crippen LogP contribution in [0, 0.1) is 29.0 Å². The molecule has 0 saturated carbocycles. The molecule has 1 aromatic heterocycles. The molecule has 2 atom stereocenters. The number of aliphatic imine (C=N–C) groups is 1. The Kier molecular flexibility index (Phi) is 5.61. The number of nitrogens with zero attached hydrogens (tertiary/aromatic N) is 3. The maximum atomic E-state index is 14.5. The molecule has 2 N–H and O–H groups in total. The van der Waals surface area contributed by atoms with Gasteiger partial charge in [0.15, 0.2) is 6.10 Å². The van der Waals surface area contributed by atoms with Gasteiger partial charge in [-0.15, -0.1) is 0 Å². The van der Waals surface area contributed by atoms with E-state index in [0.717, 1.165) is 12.1 Å². The van der Waals surface area contributed by atoms with Gasteiger partial charge in [-0.25, -0.2) is 18.8 Å². The van der Waals surface area contributed by atoms with Gasteiger partial charge in [-0.1, -0.05) is 5.92 Å². The Balaban J connectivity index is 2.00. The van der Waals surface area contributed by atoms with Crippen molar-refractivity contribution in [2.75, 3.05) is 6.67 Å². The predicted molar refractivity (Wildman–Crippen MR) is 96.2 cm³/mol. The van der Waals surface area contributed by atoms with E-state index >= 15 is 0 Å². The minimum Gasteiger partial charge on any atom is -0.452 e. The molecule has 2 unspecified atom stereocenters. The first-order chi connectivity index (χ1) is 14.2. The van der Waals surface area contributed by atoms with E-state index in [2.05, 4.69) is 26.6 Å². The highest BCUT2D eigenvalue weighted by Gasteiger charge is 2.52. The highest BCUT2D eigenvalue weighted by atomic mass is 19.4. The molecule has 0 aliphatic carbocycles. The van der Waals surface area contributed by atoms with E-state index in [9.17, 15) is 22.0 Å². The van der Waals surface area contributed by atoms with Crippen LogP contribution in [0.3, 0.4) is 0 Å². The molecule has 1 aliphatic heterocycles. The third-order valence-electron chi connectivity index (χ3n) is 4.39. The number of ether oxygens (including phenoxy) is 1. The summed E-state index contributed by atoms with van der Waals surface area (Å²) in [6.07, 6.45) is -6.92. The maximum Gasteiger partial charge on any atom is 0.425 e. The van der Waals surface area contributed by atoms with Crippen LogP contribution in [0.25, 0.3) is 0 Å². The Morgan fingerprint density at radius 3 is 2.53 bits per heavy atom. The summed E-state index contributed by atoms with van der Waals surface area (Å²) in [4.78, 5) is 7.63. The zero-order chi connectivity index (χ0) is 21.9. The lowest BCUT2D eigenvalue weighted by Gasteiger charge is -2.36. The molecule has 0 saturated heterocycles. The zero-order valence-corrected chi connectivity index (χ0v) is 15.2. The van der Waals surface area contributed by atoms with E-state index in [4.69, 9.17) is 11.0 Å². The fraction of sp³-hybridized carbons (Fsp3) is 0.250. The van der Waals surface area contributed by atoms with Crippen LogP contribution in [0.5, 0.6) is 0 Å². The summed E-state index contributed by atoms with van der Waals surface area (Å²) in [6.45, 7) is -1.42. The van der Waals surface area contributed by atoms with Gasteiger partial charge in [0.25, 0.3) is 6.02 Å². The summed E-state index contributed by atoms with van der Waals surface area (Å²) in [5, 5.41) is 8.76. The number of nitrogens with two attached hydrogens (primary N) is 1. The summed E-state index contributed by atoms with van der Waals surface area (Å²) in [5.74, 6) is 4.41. The molecule has 2 aromatic rings. The van der Waals surface area contributed by atoms with Gasteiger partial charge >= 0.3 is 6.18 Å². The number of aromatic nitrogens is 1. The average molecular weight is 420 g/mol. The molecule has 0 spiro atoms. The molecule has 1 aliphatic rings. The second-order valence-electron chi connectivity index (χ2n) is 6.46. The summed E-state index contributed by atoms with van der Waals surface area (Å²) >= 11 is 0. The Morgan fingerprint density at radius 2 is 1.93 bits per heavy atom. The quantitative estimate of drug-likeness (QED) is 0.597. The van der Waals surface area contributed by atoms with Gasteiger partial charge in [0.05, 0.1) is 5.56 Å². The van der Waals surface area contributed by atoms with Gasteiger partial charge in [0.1, 0.15) is 29.8 Å². The highest BCUT2D eigenvalue weighted by Crippen LogP contribution is 2.41. The molecular formula is C20H13F5N4O. The maximum absolute atomic E-state index is 14.5. The smallest absolute Gasteiger partial charge is 0.425 e. The predicted octanol–water partition coefficient (Wildman–Crippen LogP) is 3.32. The average Bonchev–Trinajstić information content (AvgIpc) is 2.72. The largest absolute Gasteiger partial charge is 0.452 e. The van der Waals surface area contributed by atoms with Crippen LogP contribution in [0.2, 0.25) is 0 Å². The van der Waals surface area contributed by atoms with Gasteiger partial charge in [0.2, 0.25) is 0 Å². The fourth-order valence-electron chi connectivity index (χ4n) is 2.92. The molecule has 3 rings (SSSR count). The Hall–Kier alpha value is -3.66. The monoisotopic (exact) mass is 420 g/mol. The number of amidine groups is 1. The Labute approximate surface area is 168 Å². The van der Waals surface area contributed by atoms with Crippen molar-refractivity contribution in [3.8, 4) is 17.9 Å². The van der Waals surface area contributed by atoms with Gasteiger partial charge in [-0.05, 0) is 36.3 Å². The Morgan fingerprint density at radius 1 is 1.20 bits per heavy atom. The zero-order valence-electron chi connectivity index (χ0n) is 15.2. The van der Waals surface area contributed by atoms with Crippen molar-refractivity contribution in [2.45, 2.75) is 24.2 Å². The summed E-state index contributed by atoms with van der Waals surface area (Å²) in [6, 6.07) is 7.41. The molecule has 30 heavy (non-hydrogen) atoms. The van der Waals surface area contributed by atoms with Gasteiger partial charge in [-0.2, -0.15) is 18.4 Å². The topological polar surface area (TPSA) is 84.3 Å². The SMILES string of the molecule is N#Cc1ccc(C#Cc2ccc(F)c(C3(CF)CC(C(F)(F)F)OC(N)=N3)c2)nc1. The summed E-state index contributed by atoms with van der Waals surface area (Å²) in [5.41, 5.74) is 3.58. The fourth-order valence-corrected chi connectivity index (χ4v) is 2.92. The number of benzene rings is 1. The number of nitriles is 1. The number of rotatable bonds is 2. The molecule has 1 aromatic carbocycles. The second-order valence-corrected chi connectivity index (χ2v) is 6.46. The molecular weight excluding hydrogens is 407 g/mol. The van der Waals surface area contributed by atoms with E-state index in [1.54, 1.807) is 0 Å². The molecule has 10 heteroatoms. The van der Waals surface area contributed by atoms with Crippen LogP contribution in [-0.2, 0) is 10.3 Å². The van der Waals surface area contributed by atoms with Crippen molar-refractivity contribution in [1.82, 2.24) is 4.98 Å². The van der Waals surface area contributed by atoms with Crippen molar-refractivity contribution in [2.24, 2.45) is 10.7 Å². The first-order valence-electron chi connectivity index (χ1n) is 8.50. The van der Waals surface area contributed by atoms with E-state index in [1.165, 1.54) is 24.4 Å². The standard InChI is InChI=1S/C20H13F5N4O/c21-11-19(8-17(20(23,24)25)30-18(27)29-19)15-7-12(3-6-16(15)22)1-4-14-5-2-13(9-26)10-28-14/h2-3,5-7,10,17H,8,11H2,(H2,27,29). The first kappa shape index (κ1) is 21.1. The van der Waals surface area contributed by atoms with Crippen molar-refractivity contribution in [3.63, 3.8) is 0 Å². The van der Waals surface area contributed by atoms with Crippen LogP contribution in [0.1, 0.15) is 28.8 Å². The lowest BCUT2D eigenvalue weighted by molar-refractivity contribution is -0.209. The molecule has 2 heterocycles. The number of halogens is 5. The molecule has 5 nitrogen and oxygen atoms in total. The second kappa shape index (κ2) is 7.99. The highest BCUT2D eigenvalue weighted by molar-refractivity contribution is 5.73. The summed E-state index contributed by atoms with van der Waals surface area (Å²) in [7, 11) is 0. The van der Waals surface area contributed by atoms with Crippen LogP contribution >= 0.6 is 0 Å². The van der Waals surface area contributed by atoms with Gasteiger partial charge < -0.3 is 10.5 Å². The van der Waals surface area contributed by atoms with Crippen molar-refractivity contribution >= 4 is 6.02 Å². The molecule has 0 amide bonds. The van der Waals surface area contributed by atoms with E-state index < -0.39 is 48.3 Å². The van der Waals surface area contributed by atoms with Crippen LogP contribution in [0.4, 0.5) is 22.0 Å². The van der Waals surface area contributed by atoms with E-state index in [0.29, 0.717) is 11.3 Å². The van der Waals surface area contributed by atoms with Gasteiger partial charge in [-0.3, -0.25) is 0 Å². The molecule has 0 fully saturated rings. The number of hydrogen-bond donors (Lipinski definition) is 1. The minimum atomic E-state index is -4.84. The summed E-state index contributed by atoms with van der Waals surface area (Å²) < 4.78 is 72.4. The van der Waals surface area contributed by atoms with Gasteiger partial charge in [0, 0.05) is 23.7 Å².